The zero-order chi connectivity index (χ0) is 20.9. The van der Waals surface area contributed by atoms with E-state index in [2.05, 4.69) is 25.6 Å². The van der Waals surface area contributed by atoms with Gasteiger partial charge >= 0.3 is 5.92 Å². The Labute approximate surface area is 156 Å². The molecule has 0 bridgehead atoms. The highest BCUT2D eigenvalue weighted by atomic mass is 19.3. The first-order valence-electron chi connectivity index (χ1n) is 7.82. The van der Waals surface area contributed by atoms with E-state index < -0.39 is 36.6 Å². The van der Waals surface area contributed by atoms with Gasteiger partial charge < -0.3 is 20.8 Å². The third kappa shape index (κ3) is 5.86. The maximum absolute atomic E-state index is 13.7. The van der Waals surface area contributed by atoms with Gasteiger partial charge in [-0.1, -0.05) is 0 Å². The molecule has 0 fully saturated rings. The molecule has 0 aliphatic rings. The number of ether oxygens (including phenoxy) is 1. The lowest BCUT2D eigenvalue weighted by atomic mass is 10.2. The highest BCUT2D eigenvalue weighted by molar-refractivity contribution is 5.91. The molecule has 3 N–H and O–H groups in total. The molecule has 0 aliphatic carbocycles. The monoisotopic (exact) mass is 400 g/mol. The average Bonchev–Trinajstić information content (AvgIpc) is 2.59. The van der Waals surface area contributed by atoms with E-state index in [1.54, 1.807) is 0 Å². The SMILES string of the molecule is CC(=O)Nc1cc(Nc2cc(OCC(F)F)nc(C(C)(F)F)n2)c(C=N)cn1. The van der Waals surface area contributed by atoms with Gasteiger partial charge in [0, 0.05) is 44.0 Å². The first-order valence-corrected chi connectivity index (χ1v) is 7.82. The minimum Gasteiger partial charge on any atom is -0.471 e. The van der Waals surface area contributed by atoms with E-state index in [0.29, 0.717) is 6.92 Å². The van der Waals surface area contributed by atoms with Gasteiger partial charge in [-0.3, -0.25) is 4.79 Å². The number of anilines is 3. The fourth-order valence-corrected chi connectivity index (χ4v) is 1.98. The topological polar surface area (TPSA) is 113 Å². The maximum Gasteiger partial charge on any atom is 0.304 e. The van der Waals surface area contributed by atoms with Crippen LogP contribution >= 0.6 is 0 Å². The molecular weight excluding hydrogens is 384 g/mol. The van der Waals surface area contributed by atoms with Gasteiger partial charge in [0.2, 0.25) is 17.6 Å². The molecule has 2 aromatic rings. The summed E-state index contributed by atoms with van der Waals surface area (Å²) in [5.74, 6) is -5.29. The second-order valence-electron chi connectivity index (χ2n) is 5.61. The van der Waals surface area contributed by atoms with Crippen molar-refractivity contribution < 1.29 is 27.1 Å². The van der Waals surface area contributed by atoms with Crippen LogP contribution in [-0.2, 0) is 10.7 Å². The summed E-state index contributed by atoms with van der Waals surface area (Å²) in [7, 11) is 0. The summed E-state index contributed by atoms with van der Waals surface area (Å²) >= 11 is 0. The number of pyridine rings is 1. The number of aromatic nitrogens is 3. The summed E-state index contributed by atoms with van der Waals surface area (Å²) in [6, 6.07) is 2.41. The van der Waals surface area contributed by atoms with E-state index in [9.17, 15) is 22.4 Å². The highest BCUT2D eigenvalue weighted by Gasteiger charge is 2.30. The highest BCUT2D eigenvalue weighted by Crippen LogP contribution is 2.29. The van der Waals surface area contributed by atoms with Crippen molar-refractivity contribution in [1.82, 2.24) is 15.0 Å². The van der Waals surface area contributed by atoms with Crippen LogP contribution in [0.4, 0.5) is 34.9 Å². The lowest BCUT2D eigenvalue weighted by Gasteiger charge is -2.15. The Hall–Kier alpha value is -3.31. The van der Waals surface area contributed by atoms with Gasteiger partial charge in [0.1, 0.15) is 11.6 Å². The Balaban J connectivity index is 2.42. The van der Waals surface area contributed by atoms with Gasteiger partial charge in [-0.15, -0.1) is 0 Å². The standard InChI is InChI=1S/C16H16F4N6O2/c1-8(27)23-12-3-10(9(5-21)6-22-12)24-13-4-14(28-7-11(17)18)26-15(25-13)16(2,19)20/h3-6,11,21H,7H2,1-2H3,(H2,22,23,24,25,26,27). The molecule has 2 heterocycles. The minimum absolute atomic E-state index is 0.143. The van der Waals surface area contributed by atoms with Crippen LogP contribution in [0.1, 0.15) is 25.2 Å². The largest absolute Gasteiger partial charge is 0.471 e. The average molecular weight is 400 g/mol. The van der Waals surface area contributed by atoms with Gasteiger partial charge in [-0.05, 0) is 0 Å². The Kier molecular flexibility index (Phi) is 6.44. The van der Waals surface area contributed by atoms with Crippen LogP contribution in [0.5, 0.6) is 5.88 Å². The van der Waals surface area contributed by atoms with E-state index in [1.807, 2.05) is 0 Å². The molecule has 0 aliphatic heterocycles. The number of nitrogens with zero attached hydrogens (tertiary/aromatic N) is 3. The zero-order valence-electron chi connectivity index (χ0n) is 14.8. The van der Waals surface area contributed by atoms with Crippen molar-refractivity contribution in [3.05, 3.63) is 29.7 Å². The van der Waals surface area contributed by atoms with E-state index in [0.717, 1.165) is 12.3 Å². The van der Waals surface area contributed by atoms with Crippen LogP contribution < -0.4 is 15.4 Å². The van der Waals surface area contributed by atoms with Crippen LogP contribution in [0.15, 0.2) is 18.3 Å². The molecule has 12 heteroatoms. The Morgan fingerprint density at radius 2 is 2.04 bits per heavy atom. The fraction of sp³-hybridized carbons (Fsp3) is 0.312. The van der Waals surface area contributed by atoms with Gasteiger partial charge in [0.25, 0.3) is 6.43 Å². The predicted octanol–water partition coefficient (Wildman–Crippen LogP) is 3.33. The molecule has 0 saturated carbocycles. The summed E-state index contributed by atoms with van der Waals surface area (Å²) in [5.41, 5.74) is 0.463. The second-order valence-corrected chi connectivity index (χ2v) is 5.61. The van der Waals surface area contributed by atoms with Crippen molar-refractivity contribution in [2.45, 2.75) is 26.2 Å². The van der Waals surface area contributed by atoms with Crippen molar-refractivity contribution >= 4 is 29.4 Å². The predicted molar refractivity (Wildman–Crippen MR) is 92.8 cm³/mol. The van der Waals surface area contributed by atoms with E-state index in [-0.39, 0.29) is 22.9 Å². The third-order valence-corrected chi connectivity index (χ3v) is 3.11. The number of nitrogens with one attached hydrogen (secondary N) is 3. The number of alkyl halides is 4. The summed E-state index contributed by atoms with van der Waals surface area (Å²) in [4.78, 5) is 22.2. The van der Waals surface area contributed by atoms with E-state index >= 15 is 0 Å². The lowest BCUT2D eigenvalue weighted by molar-refractivity contribution is -0.114. The third-order valence-electron chi connectivity index (χ3n) is 3.11. The molecular formula is C16H16F4N6O2. The van der Waals surface area contributed by atoms with Crippen molar-refractivity contribution in [1.29, 1.82) is 5.41 Å². The molecule has 2 rings (SSSR count). The molecule has 0 saturated heterocycles. The molecule has 28 heavy (non-hydrogen) atoms. The number of hydrogen-bond acceptors (Lipinski definition) is 7. The minimum atomic E-state index is -3.45. The number of carbonyl (C=O) groups is 1. The van der Waals surface area contributed by atoms with Crippen molar-refractivity contribution in [3.63, 3.8) is 0 Å². The van der Waals surface area contributed by atoms with Crippen LogP contribution in [0.3, 0.4) is 0 Å². The normalized spacial score (nSPS) is 11.2. The van der Waals surface area contributed by atoms with Crippen LogP contribution in [0, 0.1) is 5.41 Å². The smallest absolute Gasteiger partial charge is 0.304 e. The van der Waals surface area contributed by atoms with Crippen molar-refractivity contribution in [3.8, 4) is 5.88 Å². The molecule has 8 nitrogen and oxygen atoms in total. The number of halogens is 4. The first-order chi connectivity index (χ1) is 13.1. The van der Waals surface area contributed by atoms with Crippen LogP contribution in [0.25, 0.3) is 0 Å². The quantitative estimate of drug-likeness (QED) is 0.463. The Morgan fingerprint density at radius 1 is 1.32 bits per heavy atom. The summed E-state index contributed by atoms with van der Waals surface area (Å²) in [6.07, 6.45) is -0.606. The number of hydrogen-bond donors (Lipinski definition) is 3. The van der Waals surface area contributed by atoms with E-state index in [4.69, 9.17) is 10.1 Å². The summed E-state index contributed by atoms with van der Waals surface area (Å²) in [6.45, 7) is 0.790. The van der Waals surface area contributed by atoms with Crippen LogP contribution in [0.2, 0.25) is 0 Å². The number of amides is 1. The summed E-state index contributed by atoms with van der Waals surface area (Å²) < 4.78 is 56.7. The van der Waals surface area contributed by atoms with Crippen molar-refractivity contribution in [2.24, 2.45) is 0 Å². The molecule has 0 radical (unpaired) electrons. The maximum atomic E-state index is 13.7. The van der Waals surface area contributed by atoms with Gasteiger partial charge in [0.05, 0.1) is 5.69 Å². The Bertz CT molecular complexity index is 873. The van der Waals surface area contributed by atoms with Gasteiger partial charge in [-0.25, -0.2) is 18.7 Å². The number of carbonyl (C=O) groups excluding carboxylic acids is 1. The molecule has 0 unspecified atom stereocenters. The first kappa shape index (κ1) is 21.0. The second kappa shape index (κ2) is 8.59. The van der Waals surface area contributed by atoms with Gasteiger partial charge in [0.15, 0.2) is 6.61 Å². The molecule has 1 amide bonds. The molecule has 150 valence electrons. The zero-order valence-corrected chi connectivity index (χ0v) is 14.8. The van der Waals surface area contributed by atoms with E-state index in [1.165, 1.54) is 19.2 Å². The Morgan fingerprint density at radius 3 is 2.61 bits per heavy atom. The molecule has 2 aromatic heterocycles. The van der Waals surface area contributed by atoms with Gasteiger partial charge in [-0.2, -0.15) is 13.8 Å². The molecule has 0 atom stereocenters. The van der Waals surface area contributed by atoms with Crippen molar-refractivity contribution in [2.75, 3.05) is 17.2 Å². The number of rotatable bonds is 8. The van der Waals surface area contributed by atoms with Crippen LogP contribution in [-0.4, -0.2) is 40.1 Å². The molecule has 0 aromatic carbocycles. The molecule has 0 spiro atoms. The fourth-order valence-electron chi connectivity index (χ4n) is 1.98. The summed E-state index contributed by atoms with van der Waals surface area (Å²) in [5, 5.41) is 12.5. The lowest BCUT2D eigenvalue weighted by Crippen LogP contribution is -2.16.